The van der Waals surface area contributed by atoms with Gasteiger partial charge < -0.3 is 10.1 Å². The third-order valence-electron chi connectivity index (χ3n) is 2.58. The van der Waals surface area contributed by atoms with E-state index in [1.807, 2.05) is 31.3 Å². The molecule has 1 saturated carbocycles. The molecule has 0 bridgehead atoms. The molecule has 1 N–H and O–H groups in total. The zero-order valence-electron chi connectivity index (χ0n) is 8.16. The minimum absolute atomic E-state index is 0.637. The van der Waals surface area contributed by atoms with Crippen molar-refractivity contribution in [2.75, 3.05) is 13.7 Å². The molecule has 2 nitrogen and oxygen atoms in total. The molecule has 2 unspecified atom stereocenters. The SMILES string of the molecule is CNC1CC1COc1ccccc1Cl. The molecule has 1 aliphatic rings. The van der Waals surface area contributed by atoms with Gasteiger partial charge in [-0.2, -0.15) is 0 Å². The van der Waals surface area contributed by atoms with Crippen molar-refractivity contribution >= 4 is 11.6 Å². The number of benzene rings is 1. The van der Waals surface area contributed by atoms with Crippen LogP contribution in [0.15, 0.2) is 24.3 Å². The first kappa shape index (κ1) is 9.81. The zero-order chi connectivity index (χ0) is 9.97. The lowest BCUT2D eigenvalue weighted by Gasteiger charge is -2.06. The predicted octanol–water partition coefficient (Wildman–Crippen LogP) is 2.33. The number of hydrogen-bond acceptors (Lipinski definition) is 2. The summed E-state index contributed by atoms with van der Waals surface area (Å²) >= 11 is 5.96. The predicted molar refractivity (Wildman–Crippen MR) is 57.9 cm³/mol. The average Bonchev–Trinajstić information content (AvgIpc) is 2.95. The van der Waals surface area contributed by atoms with E-state index in [1.165, 1.54) is 6.42 Å². The maximum absolute atomic E-state index is 5.96. The van der Waals surface area contributed by atoms with Crippen LogP contribution in [0.1, 0.15) is 6.42 Å². The quantitative estimate of drug-likeness (QED) is 0.826. The molecule has 0 aliphatic heterocycles. The van der Waals surface area contributed by atoms with E-state index in [9.17, 15) is 0 Å². The topological polar surface area (TPSA) is 21.3 Å². The van der Waals surface area contributed by atoms with Crippen molar-refractivity contribution in [2.45, 2.75) is 12.5 Å². The van der Waals surface area contributed by atoms with E-state index >= 15 is 0 Å². The molecule has 2 rings (SSSR count). The van der Waals surface area contributed by atoms with Gasteiger partial charge in [-0.3, -0.25) is 0 Å². The summed E-state index contributed by atoms with van der Waals surface area (Å²) in [7, 11) is 1.99. The lowest BCUT2D eigenvalue weighted by Crippen LogP contribution is -2.14. The van der Waals surface area contributed by atoms with Crippen LogP contribution in [0.4, 0.5) is 0 Å². The van der Waals surface area contributed by atoms with Crippen molar-refractivity contribution in [3.63, 3.8) is 0 Å². The average molecular weight is 212 g/mol. The lowest BCUT2D eigenvalue weighted by atomic mass is 10.3. The molecule has 0 amide bonds. The number of para-hydroxylation sites is 1. The summed E-state index contributed by atoms with van der Waals surface area (Å²) in [6, 6.07) is 8.22. The summed E-state index contributed by atoms with van der Waals surface area (Å²) < 4.78 is 5.62. The van der Waals surface area contributed by atoms with Gasteiger partial charge in [0, 0.05) is 12.0 Å². The number of halogens is 1. The highest BCUT2D eigenvalue weighted by molar-refractivity contribution is 6.32. The fraction of sp³-hybridized carbons (Fsp3) is 0.455. The van der Waals surface area contributed by atoms with Crippen LogP contribution in [0.3, 0.4) is 0 Å². The van der Waals surface area contributed by atoms with Gasteiger partial charge in [0.1, 0.15) is 5.75 Å². The summed E-state index contributed by atoms with van der Waals surface area (Å²) in [4.78, 5) is 0. The van der Waals surface area contributed by atoms with Crippen LogP contribution in [-0.2, 0) is 0 Å². The molecule has 14 heavy (non-hydrogen) atoms. The van der Waals surface area contributed by atoms with Crippen LogP contribution >= 0.6 is 11.6 Å². The Hall–Kier alpha value is -0.730. The monoisotopic (exact) mass is 211 g/mol. The Morgan fingerprint density at radius 2 is 2.29 bits per heavy atom. The van der Waals surface area contributed by atoms with E-state index < -0.39 is 0 Å². The molecule has 0 saturated heterocycles. The Kier molecular flexibility index (Phi) is 2.94. The van der Waals surface area contributed by atoms with Gasteiger partial charge in [-0.1, -0.05) is 23.7 Å². The molecule has 0 radical (unpaired) electrons. The van der Waals surface area contributed by atoms with E-state index in [0.717, 1.165) is 12.4 Å². The second-order valence-corrected chi connectivity index (χ2v) is 4.04. The van der Waals surface area contributed by atoms with Gasteiger partial charge in [-0.05, 0) is 25.6 Å². The standard InChI is InChI=1S/C11H14ClNO/c1-13-10-6-8(10)7-14-11-5-3-2-4-9(11)12/h2-5,8,10,13H,6-7H2,1H3. The Morgan fingerprint density at radius 3 is 2.93 bits per heavy atom. The first-order valence-electron chi connectivity index (χ1n) is 4.86. The molecule has 1 fully saturated rings. The summed E-state index contributed by atoms with van der Waals surface area (Å²) in [5, 5.41) is 3.92. The summed E-state index contributed by atoms with van der Waals surface area (Å²) in [5.74, 6) is 1.44. The minimum atomic E-state index is 0.637. The summed E-state index contributed by atoms with van der Waals surface area (Å²) in [6.45, 7) is 0.759. The first-order valence-corrected chi connectivity index (χ1v) is 5.23. The summed E-state index contributed by atoms with van der Waals surface area (Å²) in [5.41, 5.74) is 0. The van der Waals surface area contributed by atoms with E-state index in [0.29, 0.717) is 17.0 Å². The largest absolute Gasteiger partial charge is 0.492 e. The molecule has 1 aromatic rings. The second kappa shape index (κ2) is 4.20. The van der Waals surface area contributed by atoms with Gasteiger partial charge in [-0.15, -0.1) is 0 Å². The number of rotatable bonds is 4. The zero-order valence-corrected chi connectivity index (χ0v) is 8.92. The Morgan fingerprint density at radius 1 is 1.50 bits per heavy atom. The van der Waals surface area contributed by atoms with Gasteiger partial charge in [0.25, 0.3) is 0 Å². The maximum atomic E-state index is 5.96. The third kappa shape index (κ3) is 2.20. The number of ether oxygens (including phenoxy) is 1. The fourth-order valence-corrected chi connectivity index (χ4v) is 1.73. The van der Waals surface area contributed by atoms with Gasteiger partial charge >= 0.3 is 0 Å². The van der Waals surface area contributed by atoms with Gasteiger partial charge in [0.05, 0.1) is 11.6 Å². The normalized spacial score (nSPS) is 24.7. The minimum Gasteiger partial charge on any atom is -0.492 e. The van der Waals surface area contributed by atoms with Crippen molar-refractivity contribution in [2.24, 2.45) is 5.92 Å². The van der Waals surface area contributed by atoms with E-state index in [4.69, 9.17) is 16.3 Å². The third-order valence-corrected chi connectivity index (χ3v) is 2.90. The Balaban J connectivity index is 1.84. The van der Waals surface area contributed by atoms with E-state index in [1.54, 1.807) is 0 Å². The van der Waals surface area contributed by atoms with Crippen LogP contribution in [0, 0.1) is 5.92 Å². The highest BCUT2D eigenvalue weighted by Crippen LogP contribution is 2.32. The highest BCUT2D eigenvalue weighted by Gasteiger charge is 2.36. The molecular weight excluding hydrogens is 198 g/mol. The van der Waals surface area contributed by atoms with Gasteiger partial charge in [0.2, 0.25) is 0 Å². The van der Waals surface area contributed by atoms with Crippen LogP contribution < -0.4 is 10.1 Å². The van der Waals surface area contributed by atoms with Crippen molar-refractivity contribution in [3.05, 3.63) is 29.3 Å². The number of nitrogens with one attached hydrogen (secondary N) is 1. The first-order chi connectivity index (χ1) is 6.81. The smallest absolute Gasteiger partial charge is 0.137 e. The molecular formula is C11H14ClNO. The van der Waals surface area contributed by atoms with Gasteiger partial charge in [-0.25, -0.2) is 0 Å². The molecule has 0 heterocycles. The molecule has 0 aromatic heterocycles. The molecule has 1 aliphatic carbocycles. The van der Waals surface area contributed by atoms with Crippen molar-refractivity contribution in [1.29, 1.82) is 0 Å². The van der Waals surface area contributed by atoms with Crippen LogP contribution in [-0.4, -0.2) is 19.7 Å². The van der Waals surface area contributed by atoms with Gasteiger partial charge in [0.15, 0.2) is 0 Å². The fourth-order valence-electron chi connectivity index (χ4n) is 1.54. The Bertz CT molecular complexity index is 316. The van der Waals surface area contributed by atoms with Crippen molar-refractivity contribution in [1.82, 2.24) is 5.32 Å². The lowest BCUT2D eigenvalue weighted by molar-refractivity contribution is 0.295. The van der Waals surface area contributed by atoms with Crippen molar-refractivity contribution < 1.29 is 4.74 Å². The number of hydrogen-bond donors (Lipinski definition) is 1. The molecule has 0 spiro atoms. The van der Waals surface area contributed by atoms with E-state index in [2.05, 4.69) is 5.32 Å². The van der Waals surface area contributed by atoms with E-state index in [-0.39, 0.29) is 0 Å². The second-order valence-electron chi connectivity index (χ2n) is 3.63. The molecule has 1 aromatic carbocycles. The Labute approximate surface area is 89.2 Å². The molecule has 2 atom stereocenters. The van der Waals surface area contributed by atoms with Crippen LogP contribution in [0.5, 0.6) is 5.75 Å². The summed E-state index contributed by atoms with van der Waals surface area (Å²) in [6.07, 6.45) is 1.21. The van der Waals surface area contributed by atoms with Crippen molar-refractivity contribution in [3.8, 4) is 5.75 Å². The highest BCUT2D eigenvalue weighted by atomic mass is 35.5. The molecule has 3 heteroatoms. The van der Waals surface area contributed by atoms with Crippen LogP contribution in [0.25, 0.3) is 0 Å². The molecule has 76 valence electrons. The maximum Gasteiger partial charge on any atom is 0.137 e. The van der Waals surface area contributed by atoms with Crippen LogP contribution in [0.2, 0.25) is 5.02 Å².